The van der Waals surface area contributed by atoms with Crippen LogP contribution in [0.5, 0.6) is 5.88 Å². The Kier molecular flexibility index (Phi) is 6.39. The van der Waals surface area contributed by atoms with Gasteiger partial charge in [0.1, 0.15) is 5.82 Å². The number of amides is 1. The highest BCUT2D eigenvalue weighted by Crippen LogP contribution is 2.19. The molecule has 7 heteroatoms. The monoisotopic (exact) mass is 394 g/mol. The molecular weight excluding hydrogens is 371 g/mol. The maximum Gasteiger partial charge on any atom is 0.258 e. The SMILES string of the molecule is Cc1ccc(CNC(=O)COc2cc(C)nc(Nc3ccc(F)c(C)c3)n2)cc1. The molecule has 3 aromatic rings. The molecule has 0 saturated heterocycles. The first-order valence-electron chi connectivity index (χ1n) is 9.23. The van der Waals surface area contributed by atoms with Gasteiger partial charge >= 0.3 is 0 Å². The van der Waals surface area contributed by atoms with Crippen LogP contribution in [0.4, 0.5) is 16.0 Å². The lowest BCUT2D eigenvalue weighted by Crippen LogP contribution is -2.28. The van der Waals surface area contributed by atoms with Gasteiger partial charge in [-0.3, -0.25) is 4.79 Å². The quantitative estimate of drug-likeness (QED) is 0.634. The van der Waals surface area contributed by atoms with E-state index < -0.39 is 0 Å². The van der Waals surface area contributed by atoms with E-state index in [1.807, 2.05) is 31.2 Å². The number of carbonyl (C=O) groups excluding carboxylic acids is 1. The summed E-state index contributed by atoms with van der Waals surface area (Å²) in [5.74, 6) is 0.0716. The number of aromatic nitrogens is 2. The van der Waals surface area contributed by atoms with E-state index in [-0.39, 0.29) is 24.2 Å². The number of nitrogens with one attached hydrogen (secondary N) is 2. The highest BCUT2D eigenvalue weighted by molar-refractivity contribution is 5.77. The number of halogens is 1. The smallest absolute Gasteiger partial charge is 0.258 e. The average molecular weight is 394 g/mol. The van der Waals surface area contributed by atoms with E-state index in [9.17, 15) is 9.18 Å². The summed E-state index contributed by atoms with van der Waals surface area (Å²) in [6, 6.07) is 14.2. The van der Waals surface area contributed by atoms with Crippen molar-refractivity contribution in [2.24, 2.45) is 0 Å². The molecule has 3 rings (SSSR count). The Bertz CT molecular complexity index is 1010. The van der Waals surface area contributed by atoms with Crippen molar-refractivity contribution in [1.82, 2.24) is 15.3 Å². The lowest BCUT2D eigenvalue weighted by molar-refractivity contribution is -0.123. The first kappa shape index (κ1) is 20.3. The average Bonchev–Trinajstić information content (AvgIpc) is 2.68. The van der Waals surface area contributed by atoms with Crippen molar-refractivity contribution in [3.05, 3.63) is 76.7 Å². The van der Waals surface area contributed by atoms with Crippen molar-refractivity contribution in [3.8, 4) is 5.88 Å². The Labute approximate surface area is 169 Å². The molecule has 2 aromatic carbocycles. The molecule has 0 radical (unpaired) electrons. The Morgan fingerprint density at radius 1 is 1.03 bits per heavy atom. The van der Waals surface area contributed by atoms with Gasteiger partial charge in [0.15, 0.2) is 6.61 Å². The fraction of sp³-hybridized carbons (Fsp3) is 0.227. The molecule has 0 aliphatic rings. The molecule has 2 N–H and O–H groups in total. The zero-order valence-electron chi connectivity index (χ0n) is 16.6. The van der Waals surface area contributed by atoms with Gasteiger partial charge in [-0.1, -0.05) is 29.8 Å². The number of aryl methyl sites for hydroxylation is 3. The first-order chi connectivity index (χ1) is 13.9. The van der Waals surface area contributed by atoms with E-state index in [2.05, 4.69) is 20.6 Å². The Morgan fingerprint density at radius 2 is 1.79 bits per heavy atom. The molecule has 150 valence electrons. The molecule has 0 spiro atoms. The number of carbonyl (C=O) groups is 1. The minimum atomic E-state index is -0.276. The summed E-state index contributed by atoms with van der Waals surface area (Å²) >= 11 is 0. The zero-order chi connectivity index (χ0) is 20.8. The summed E-state index contributed by atoms with van der Waals surface area (Å²) in [5.41, 5.74) is 4.04. The Hall–Kier alpha value is -3.48. The number of hydrogen-bond acceptors (Lipinski definition) is 5. The van der Waals surface area contributed by atoms with E-state index >= 15 is 0 Å². The van der Waals surface area contributed by atoms with E-state index in [0.717, 1.165) is 5.56 Å². The fourth-order valence-electron chi connectivity index (χ4n) is 2.62. The normalized spacial score (nSPS) is 10.5. The zero-order valence-corrected chi connectivity index (χ0v) is 16.6. The molecule has 0 atom stereocenters. The highest BCUT2D eigenvalue weighted by Gasteiger charge is 2.08. The van der Waals surface area contributed by atoms with Crippen LogP contribution in [0, 0.1) is 26.6 Å². The van der Waals surface area contributed by atoms with Crippen LogP contribution in [0.25, 0.3) is 0 Å². The summed E-state index contributed by atoms with van der Waals surface area (Å²) in [4.78, 5) is 20.6. The molecule has 1 heterocycles. The van der Waals surface area contributed by atoms with Crippen LogP contribution in [0.3, 0.4) is 0 Å². The number of rotatable bonds is 7. The summed E-state index contributed by atoms with van der Waals surface area (Å²) in [6.07, 6.45) is 0. The van der Waals surface area contributed by atoms with Gasteiger partial charge in [0.05, 0.1) is 0 Å². The van der Waals surface area contributed by atoms with Crippen LogP contribution in [0.15, 0.2) is 48.5 Å². The molecule has 1 amide bonds. The van der Waals surface area contributed by atoms with Gasteiger partial charge in [-0.15, -0.1) is 0 Å². The summed E-state index contributed by atoms with van der Waals surface area (Å²) in [5, 5.41) is 5.83. The van der Waals surface area contributed by atoms with Crippen LogP contribution in [-0.2, 0) is 11.3 Å². The Morgan fingerprint density at radius 3 is 2.52 bits per heavy atom. The molecule has 6 nitrogen and oxygen atoms in total. The molecule has 0 aliphatic heterocycles. The van der Waals surface area contributed by atoms with Gasteiger partial charge in [0.25, 0.3) is 5.91 Å². The molecule has 0 saturated carbocycles. The minimum absolute atomic E-state index is 0.155. The third kappa shape index (κ3) is 6.00. The van der Waals surface area contributed by atoms with E-state index in [4.69, 9.17) is 4.74 Å². The van der Waals surface area contributed by atoms with Crippen molar-refractivity contribution in [1.29, 1.82) is 0 Å². The van der Waals surface area contributed by atoms with Crippen LogP contribution in [0.1, 0.15) is 22.4 Å². The molecule has 0 bridgehead atoms. The molecule has 29 heavy (non-hydrogen) atoms. The molecular formula is C22H23FN4O2. The molecule has 0 fully saturated rings. The first-order valence-corrected chi connectivity index (χ1v) is 9.23. The van der Waals surface area contributed by atoms with Crippen LogP contribution >= 0.6 is 0 Å². The van der Waals surface area contributed by atoms with E-state index in [1.54, 1.807) is 32.0 Å². The summed E-state index contributed by atoms with van der Waals surface area (Å²) in [7, 11) is 0. The predicted octanol–water partition coefficient (Wildman–Crippen LogP) is 3.98. The number of anilines is 2. The van der Waals surface area contributed by atoms with Crippen LogP contribution < -0.4 is 15.4 Å². The predicted molar refractivity (Wildman–Crippen MR) is 110 cm³/mol. The maximum absolute atomic E-state index is 13.4. The van der Waals surface area contributed by atoms with Crippen molar-refractivity contribution in [3.63, 3.8) is 0 Å². The number of nitrogens with zero attached hydrogens (tertiary/aromatic N) is 2. The van der Waals surface area contributed by atoms with E-state index in [1.165, 1.54) is 11.6 Å². The standard InChI is InChI=1S/C22H23FN4O2/c1-14-4-6-17(7-5-14)12-24-20(28)13-29-21-11-16(3)25-22(27-21)26-18-8-9-19(23)15(2)10-18/h4-11H,12-13H2,1-3H3,(H,24,28)(H,25,26,27). The molecule has 1 aromatic heterocycles. The van der Waals surface area contributed by atoms with Gasteiger partial charge in [-0.05, 0) is 50.1 Å². The topological polar surface area (TPSA) is 76.1 Å². The summed E-state index contributed by atoms with van der Waals surface area (Å²) in [6.45, 7) is 5.77. The van der Waals surface area contributed by atoms with Crippen LogP contribution in [-0.4, -0.2) is 22.5 Å². The second kappa shape index (κ2) is 9.14. The highest BCUT2D eigenvalue weighted by atomic mass is 19.1. The lowest BCUT2D eigenvalue weighted by Gasteiger charge is -2.10. The van der Waals surface area contributed by atoms with Gasteiger partial charge in [0.2, 0.25) is 11.8 Å². The molecule has 0 aliphatic carbocycles. The van der Waals surface area contributed by atoms with Gasteiger partial charge in [0, 0.05) is 24.0 Å². The minimum Gasteiger partial charge on any atom is -0.467 e. The number of benzene rings is 2. The third-order valence-corrected chi connectivity index (χ3v) is 4.21. The second-order valence-corrected chi connectivity index (χ2v) is 6.81. The number of ether oxygens (including phenoxy) is 1. The fourth-order valence-corrected chi connectivity index (χ4v) is 2.62. The largest absolute Gasteiger partial charge is 0.467 e. The van der Waals surface area contributed by atoms with Crippen molar-refractivity contribution < 1.29 is 13.9 Å². The van der Waals surface area contributed by atoms with Crippen LogP contribution in [0.2, 0.25) is 0 Å². The maximum atomic E-state index is 13.4. The third-order valence-electron chi connectivity index (χ3n) is 4.21. The Balaban J connectivity index is 1.57. The molecule has 0 unspecified atom stereocenters. The van der Waals surface area contributed by atoms with Crippen molar-refractivity contribution >= 4 is 17.5 Å². The summed E-state index contributed by atoms with van der Waals surface area (Å²) < 4.78 is 18.9. The van der Waals surface area contributed by atoms with Gasteiger partial charge in [-0.2, -0.15) is 4.98 Å². The second-order valence-electron chi connectivity index (χ2n) is 6.81. The van der Waals surface area contributed by atoms with Crippen molar-refractivity contribution in [2.45, 2.75) is 27.3 Å². The number of hydrogen-bond donors (Lipinski definition) is 2. The van der Waals surface area contributed by atoms with Gasteiger partial charge in [-0.25, -0.2) is 9.37 Å². The van der Waals surface area contributed by atoms with Crippen molar-refractivity contribution in [2.75, 3.05) is 11.9 Å². The van der Waals surface area contributed by atoms with E-state index in [0.29, 0.717) is 29.4 Å². The van der Waals surface area contributed by atoms with Gasteiger partial charge < -0.3 is 15.4 Å². The lowest BCUT2D eigenvalue weighted by atomic mass is 10.1.